The highest BCUT2D eigenvalue weighted by Crippen LogP contribution is 2.28. The minimum absolute atomic E-state index is 0.742. The summed E-state index contributed by atoms with van der Waals surface area (Å²) in [7, 11) is 0. The van der Waals surface area contributed by atoms with Crippen LogP contribution in [0.2, 0.25) is 0 Å². The van der Waals surface area contributed by atoms with E-state index in [2.05, 4.69) is 56.3 Å². The molecular formula is C23H34O. The van der Waals surface area contributed by atoms with Crippen LogP contribution in [0.15, 0.2) is 42.5 Å². The summed E-state index contributed by atoms with van der Waals surface area (Å²) < 4.78 is 5.79. The van der Waals surface area contributed by atoms with Crippen molar-refractivity contribution in [2.45, 2.75) is 71.6 Å². The van der Waals surface area contributed by atoms with Crippen molar-refractivity contribution in [3.63, 3.8) is 0 Å². The van der Waals surface area contributed by atoms with Gasteiger partial charge in [0.2, 0.25) is 0 Å². The Morgan fingerprint density at radius 3 is 2.33 bits per heavy atom. The van der Waals surface area contributed by atoms with Gasteiger partial charge in [0.15, 0.2) is 0 Å². The van der Waals surface area contributed by atoms with E-state index in [9.17, 15) is 0 Å². The van der Waals surface area contributed by atoms with Crippen LogP contribution >= 0.6 is 0 Å². The molecule has 0 bridgehead atoms. The Morgan fingerprint density at radius 2 is 1.67 bits per heavy atom. The largest absolute Gasteiger partial charge is 0.494 e. The molecular weight excluding hydrogens is 292 g/mol. The Morgan fingerprint density at radius 1 is 0.917 bits per heavy atom. The maximum atomic E-state index is 5.79. The molecule has 0 fully saturated rings. The van der Waals surface area contributed by atoms with Gasteiger partial charge in [-0.2, -0.15) is 0 Å². The molecule has 0 aliphatic heterocycles. The number of allylic oxidation sites excluding steroid dienone is 4. The molecule has 0 radical (unpaired) electrons. The SMILES string of the molecule is CCCCCCC1C=CC(c2ccc(OCCCCC)cc2)=CC1. The van der Waals surface area contributed by atoms with Gasteiger partial charge < -0.3 is 4.74 Å². The van der Waals surface area contributed by atoms with Crippen LogP contribution < -0.4 is 4.74 Å². The molecule has 0 N–H and O–H groups in total. The zero-order valence-corrected chi connectivity index (χ0v) is 15.6. The summed E-state index contributed by atoms with van der Waals surface area (Å²) in [6.45, 7) is 5.32. The number of hydrogen-bond donors (Lipinski definition) is 0. The van der Waals surface area contributed by atoms with E-state index < -0.39 is 0 Å². The fourth-order valence-electron chi connectivity index (χ4n) is 3.21. The zero-order chi connectivity index (χ0) is 17.0. The second-order valence-corrected chi connectivity index (χ2v) is 6.94. The monoisotopic (exact) mass is 326 g/mol. The third kappa shape index (κ3) is 6.55. The van der Waals surface area contributed by atoms with Crippen LogP contribution in [0.5, 0.6) is 5.75 Å². The number of rotatable bonds is 11. The van der Waals surface area contributed by atoms with Gasteiger partial charge in [0.05, 0.1) is 6.61 Å². The summed E-state index contributed by atoms with van der Waals surface area (Å²) in [5, 5.41) is 0. The summed E-state index contributed by atoms with van der Waals surface area (Å²) in [4.78, 5) is 0. The van der Waals surface area contributed by atoms with E-state index in [1.807, 2.05) is 0 Å². The third-order valence-corrected chi connectivity index (χ3v) is 4.82. The molecule has 2 rings (SSSR count). The average molecular weight is 327 g/mol. The number of benzene rings is 1. The van der Waals surface area contributed by atoms with Crippen LogP contribution in [0.3, 0.4) is 0 Å². The van der Waals surface area contributed by atoms with E-state index in [1.165, 1.54) is 62.5 Å². The highest BCUT2D eigenvalue weighted by Gasteiger charge is 2.09. The minimum Gasteiger partial charge on any atom is -0.494 e. The molecule has 1 nitrogen and oxygen atoms in total. The van der Waals surface area contributed by atoms with Crippen molar-refractivity contribution in [3.05, 3.63) is 48.1 Å². The average Bonchev–Trinajstić information content (AvgIpc) is 2.64. The molecule has 0 spiro atoms. The van der Waals surface area contributed by atoms with Crippen LogP contribution in [0.25, 0.3) is 5.57 Å². The lowest BCUT2D eigenvalue weighted by molar-refractivity contribution is 0.306. The first-order chi connectivity index (χ1) is 11.8. The summed E-state index contributed by atoms with van der Waals surface area (Å²) in [5.41, 5.74) is 2.66. The van der Waals surface area contributed by atoms with Gasteiger partial charge in [-0.3, -0.25) is 0 Å². The Kier molecular flexibility index (Phi) is 8.73. The fraction of sp³-hybridized carbons (Fsp3) is 0.565. The Labute approximate surface area is 148 Å². The first-order valence-corrected chi connectivity index (χ1v) is 9.95. The van der Waals surface area contributed by atoms with Crippen molar-refractivity contribution >= 4 is 5.57 Å². The molecule has 0 heterocycles. The molecule has 1 atom stereocenters. The van der Waals surface area contributed by atoms with Crippen molar-refractivity contribution in [3.8, 4) is 5.75 Å². The zero-order valence-electron chi connectivity index (χ0n) is 15.6. The van der Waals surface area contributed by atoms with Gasteiger partial charge in [-0.25, -0.2) is 0 Å². The van der Waals surface area contributed by atoms with Crippen molar-refractivity contribution < 1.29 is 4.74 Å². The number of unbranched alkanes of at least 4 members (excludes halogenated alkanes) is 5. The molecule has 1 aromatic carbocycles. The van der Waals surface area contributed by atoms with E-state index in [1.54, 1.807) is 0 Å². The van der Waals surface area contributed by atoms with Crippen molar-refractivity contribution in [2.75, 3.05) is 6.61 Å². The van der Waals surface area contributed by atoms with E-state index in [0.717, 1.165) is 24.7 Å². The van der Waals surface area contributed by atoms with Crippen LogP contribution in [0.4, 0.5) is 0 Å². The normalized spacial score (nSPS) is 16.9. The van der Waals surface area contributed by atoms with Crippen LogP contribution in [-0.2, 0) is 0 Å². The van der Waals surface area contributed by atoms with Crippen molar-refractivity contribution in [1.82, 2.24) is 0 Å². The molecule has 0 aromatic heterocycles. The lowest BCUT2D eigenvalue weighted by atomic mass is 9.89. The molecule has 1 unspecified atom stereocenters. The highest BCUT2D eigenvalue weighted by molar-refractivity contribution is 5.75. The highest BCUT2D eigenvalue weighted by atomic mass is 16.5. The van der Waals surface area contributed by atoms with Gasteiger partial charge in [-0.15, -0.1) is 0 Å². The standard InChI is InChI=1S/C23H34O/c1-3-5-7-8-10-20-11-13-21(14-12-20)22-15-17-23(18-16-22)24-19-9-6-4-2/h11,13-18,20H,3-10,12,19H2,1-2H3. The van der Waals surface area contributed by atoms with E-state index >= 15 is 0 Å². The van der Waals surface area contributed by atoms with Gasteiger partial charge in [0.1, 0.15) is 5.75 Å². The molecule has 1 aromatic rings. The number of hydrogen-bond acceptors (Lipinski definition) is 1. The van der Waals surface area contributed by atoms with E-state index in [-0.39, 0.29) is 0 Å². The van der Waals surface area contributed by atoms with Gasteiger partial charge >= 0.3 is 0 Å². The van der Waals surface area contributed by atoms with Crippen LogP contribution in [0, 0.1) is 5.92 Å². The first-order valence-electron chi connectivity index (χ1n) is 9.95. The molecule has 0 saturated heterocycles. The second kappa shape index (κ2) is 11.1. The minimum atomic E-state index is 0.742. The Balaban J connectivity index is 1.76. The molecule has 1 aliphatic rings. The summed E-state index contributed by atoms with van der Waals surface area (Å²) in [5.74, 6) is 1.73. The molecule has 24 heavy (non-hydrogen) atoms. The summed E-state index contributed by atoms with van der Waals surface area (Å²) >= 11 is 0. The molecule has 0 saturated carbocycles. The Bertz CT molecular complexity index is 509. The quantitative estimate of drug-likeness (QED) is 0.391. The molecule has 1 aliphatic carbocycles. The molecule has 132 valence electrons. The smallest absolute Gasteiger partial charge is 0.119 e. The lowest BCUT2D eigenvalue weighted by Gasteiger charge is -2.16. The Hall–Kier alpha value is -1.50. The van der Waals surface area contributed by atoms with Gasteiger partial charge in [-0.1, -0.05) is 82.7 Å². The van der Waals surface area contributed by atoms with Crippen molar-refractivity contribution in [1.29, 1.82) is 0 Å². The summed E-state index contributed by atoms with van der Waals surface area (Å²) in [6.07, 6.45) is 18.7. The molecule has 1 heteroatoms. The van der Waals surface area contributed by atoms with E-state index in [4.69, 9.17) is 4.74 Å². The van der Waals surface area contributed by atoms with Gasteiger partial charge in [0.25, 0.3) is 0 Å². The number of ether oxygens (including phenoxy) is 1. The lowest BCUT2D eigenvalue weighted by Crippen LogP contribution is -2.00. The van der Waals surface area contributed by atoms with E-state index in [0.29, 0.717) is 0 Å². The van der Waals surface area contributed by atoms with Crippen LogP contribution in [0.1, 0.15) is 77.2 Å². The predicted molar refractivity (Wildman–Crippen MR) is 105 cm³/mol. The predicted octanol–water partition coefficient (Wildman–Crippen LogP) is 7.19. The van der Waals surface area contributed by atoms with Crippen molar-refractivity contribution in [2.24, 2.45) is 5.92 Å². The first kappa shape index (κ1) is 18.8. The van der Waals surface area contributed by atoms with Gasteiger partial charge in [-0.05, 0) is 48.4 Å². The maximum Gasteiger partial charge on any atom is 0.119 e. The fourth-order valence-corrected chi connectivity index (χ4v) is 3.21. The topological polar surface area (TPSA) is 9.23 Å². The summed E-state index contributed by atoms with van der Waals surface area (Å²) in [6, 6.07) is 8.58. The van der Waals surface area contributed by atoms with Crippen LogP contribution in [-0.4, -0.2) is 6.61 Å². The third-order valence-electron chi connectivity index (χ3n) is 4.82. The van der Waals surface area contributed by atoms with Gasteiger partial charge in [0, 0.05) is 0 Å². The molecule has 0 amide bonds. The maximum absolute atomic E-state index is 5.79. The second-order valence-electron chi connectivity index (χ2n) is 6.94.